The van der Waals surface area contributed by atoms with Gasteiger partial charge in [0.15, 0.2) is 11.6 Å². The SMILES string of the molecule is C/C=C/[SiH]1CCC(C2CCC(CCc3ccc(-c4ccc(F)c(F)c4)cc3)CC2)CC1. The van der Waals surface area contributed by atoms with Crippen LogP contribution in [0.3, 0.4) is 0 Å². The summed E-state index contributed by atoms with van der Waals surface area (Å²) < 4.78 is 26.6. The summed E-state index contributed by atoms with van der Waals surface area (Å²) in [4.78, 5) is 0. The second kappa shape index (κ2) is 10.7. The monoisotopic (exact) mass is 438 g/mol. The van der Waals surface area contributed by atoms with Crippen molar-refractivity contribution in [3.8, 4) is 11.1 Å². The van der Waals surface area contributed by atoms with Gasteiger partial charge in [-0.15, -0.1) is 5.70 Å². The first-order valence-corrected chi connectivity index (χ1v) is 14.6. The summed E-state index contributed by atoms with van der Waals surface area (Å²) in [7, 11) is -0.522. The Morgan fingerprint density at radius 3 is 2.10 bits per heavy atom. The van der Waals surface area contributed by atoms with Crippen LogP contribution < -0.4 is 0 Å². The third-order valence-electron chi connectivity index (χ3n) is 7.89. The van der Waals surface area contributed by atoms with Crippen molar-refractivity contribution in [2.24, 2.45) is 17.8 Å². The van der Waals surface area contributed by atoms with Crippen LogP contribution in [0.15, 0.2) is 54.2 Å². The molecular formula is C28H36F2Si. The molecule has 0 atom stereocenters. The molecule has 0 radical (unpaired) electrons. The Morgan fingerprint density at radius 2 is 1.45 bits per heavy atom. The first-order valence-electron chi connectivity index (χ1n) is 12.3. The predicted molar refractivity (Wildman–Crippen MR) is 130 cm³/mol. The summed E-state index contributed by atoms with van der Waals surface area (Å²) in [5.74, 6) is 1.30. The molecule has 0 spiro atoms. The van der Waals surface area contributed by atoms with Gasteiger partial charge < -0.3 is 0 Å². The lowest BCUT2D eigenvalue weighted by molar-refractivity contribution is 0.186. The van der Waals surface area contributed by atoms with E-state index in [9.17, 15) is 8.78 Å². The van der Waals surface area contributed by atoms with Gasteiger partial charge in [0.05, 0.1) is 8.80 Å². The van der Waals surface area contributed by atoms with E-state index < -0.39 is 20.4 Å². The standard InChI is InChI=1S/C28H36F2Si/c1-2-17-31-18-15-25(16-19-31)23-9-5-21(6-10-23)3-4-22-7-11-24(12-8-22)26-13-14-27(29)28(30)20-26/h2,7-8,11-14,17,20-21,23,25,31H,3-6,9-10,15-16,18-19H2,1H3/b17-2+. The van der Waals surface area contributed by atoms with Crippen LogP contribution in [0.2, 0.25) is 12.1 Å². The fourth-order valence-electron chi connectivity index (χ4n) is 5.94. The van der Waals surface area contributed by atoms with Crippen LogP contribution in [0, 0.1) is 29.4 Å². The molecule has 0 nitrogen and oxygen atoms in total. The van der Waals surface area contributed by atoms with Gasteiger partial charge in [0.2, 0.25) is 0 Å². The van der Waals surface area contributed by atoms with E-state index in [2.05, 4.69) is 30.8 Å². The Labute approximate surface area is 188 Å². The molecule has 1 saturated carbocycles. The van der Waals surface area contributed by atoms with Crippen LogP contribution in [0.5, 0.6) is 0 Å². The first-order chi connectivity index (χ1) is 15.1. The molecule has 0 N–H and O–H groups in total. The van der Waals surface area contributed by atoms with E-state index >= 15 is 0 Å². The number of allylic oxidation sites excluding steroid dienone is 1. The zero-order valence-corrected chi connectivity index (χ0v) is 20.0. The molecule has 1 aliphatic heterocycles. The molecule has 2 fully saturated rings. The molecule has 166 valence electrons. The molecule has 31 heavy (non-hydrogen) atoms. The van der Waals surface area contributed by atoms with Crippen molar-refractivity contribution in [2.75, 3.05) is 0 Å². The Balaban J connectivity index is 1.21. The minimum atomic E-state index is -0.793. The van der Waals surface area contributed by atoms with E-state index in [4.69, 9.17) is 0 Å². The van der Waals surface area contributed by atoms with E-state index in [0.717, 1.165) is 35.3 Å². The second-order valence-electron chi connectivity index (χ2n) is 9.85. The molecule has 1 heterocycles. The van der Waals surface area contributed by atoms with Gasteiger partial charge in [0, 0.05) is 0 Å². The highest BCUT2D eigenvalue weighted by molar-refractivity contribution is 6.64. The van der Waals surface area contributed by atoms with Crippen molar-refractivity contribution in [1.82, 2.24) is 0 Å². The van der Waals surface area contributed by atoms with Crippen molar-refractivity contribution in [2.45, 2.75) is 70.4 Å². The molecule has 0 bridgehead atoms. The molecule has 0 amide bonds. The Morgan fingerprint density at radius 1 is 0.806 bits per heavy atom. The van der Waals surface area contributed by atoms with Crippen LogP contribution in [0.1, 0.15) is 57.4 Å². The highest BCUT2D eigenvalue weighted by Crippen LogP contribution is 2.41. The second-order valence-corrected chi connectivity index (χ2v) is 12.9. The summed E-state index contributed by atoms with van der Waals surface area (Å²) in [5.41, 5.74) is 5.57. The van der Waals surface area contributed by atoms with Crippen LogP contribution >= 0.6 is 0 Å². The molecule has 1 aliphatic carbocycles. The van der Waals surface area contributed by atoms with Crippen LogP contribution in [-0.2, 0) is 6.42 Å². The molecule has 2 aromatic carbocycles. The largest absolute Gasteiger partial charge is 0.204 e. The summed E-state index contributed by atoms with van der Waals surface area (Å²) in [6.07, 6.45) is 13.4. The molecule has 2 aliphatic rings. The minimum Gasteiger partial charge on any atom is -0.204 e. The highest BCUT2D eigenvalue weighted by Gasteiger charge is 2.30. The Bertz CT molecular complexity index is 857. The summed E-state index contributed by atoms with van der Waals surface area (Å²) >= 11 is 0. The van der Waals surface area contributed by atoms with Gasteiger partial charge in [0.25, 0.3) is 0 Å². The van der Waals surface area contributed by atoms with E-state index in [1.165, 1.54) is 74.7 Å². The van der Waals surface area contributed by atoms with E-state index in [0.29, 0.717) is 0 Å². The third kappa shape index (κ3) is 5.94. The van der Waals surface area contributed by atoms with Gasteiger partial charge in [-0.25, -0.2) is 8.78 Å². The van der Waals surface area contributed by atoms with Crippen molar-refractivity contribution in [1.29, 1.82) is 0 Å². The molecule has 0 unspecified atom stereocenters. The fraction of sp³-hybridized carbons (Fsp3) is 0.500. The van der Waals surface area contributed by atoms with Crippen molar-refractivity contribution >= 4 is 8.80 Å². The normalized spacial score (nSPS) is 26.9. The Hall–Kier alpha value is -1.74. The lowest BCUT2D eigenvalue weighted by atomic mass is 9.73. The average Bonchev–Trinajstić information content (AvgIpc) is 2.81. The zero-order valence-electron chi connectivity index (χ0n) is 18.8. The smallest absolute Gasteiger partial charge is 0.159 e. The fourth-order valence-corrected chi connectivity index (χ4v) is 8.87. The predicted octanol–water partition coefficient (Wildman–Crippen LogP) is 8.12. The quantitative estimate of drug-likeness (QED) is 0.399. The van der Waals surface area contributed by atoms with Crippen LogP contribution in [-0.4, -0.2) is 8.80 Å². The molecule has 1 saturated heterocycles. The van der Waals surface area contributed by atoms with Crippen LogP contribution in [0.4, 0.5) is 8.78 Å². The number of aryl methyl sites for hydroxylation is 1. The van der Waals surface area contributed by atoms with E-state index in [-0.39, 0.29) is 0 Å². The molecular weight excluding hydrogens is 402 g/mol. The number of hydrogen-bond acceptors (Lipinski definition) is 0. The minimum absolute atomic E-state index is 0.522. The van der Waals surface area contributed by atoms with Crippen molar-refractivity contribution < 1.29 is 8.78 Å². The summed E-state index contributed by atoms with van der Waals surface area (Å²) in [5, 5.41) is 0. The van der Waals surface area contributed by atoms with Gasteiger partial charge >= 0.3 is 0 Å². The average molecular weight is 439 g/mol. The number of hydrogen-bond donors (Lipinski definition) is 0. The lowest BCUT2D eigenvalue weighted by Gasteiger charge is -2.37. The van der Waals surface area contributed by atoms with Gasteiger partial charge in [0.1, 0.15) is 0 Å². The Kier molecular flexibility index (Phi) is 7.76. The third-order valence-corrected chi connectivity index (χ3v) is 11.0. The van der Waals surface area contributed by atoms with Gasteiger partial charge in [-0.2, -0.15) is 0 Å². The number of rotatable bonds is 6. The number of halogens is 2. The van der Waals surface area contributed by atoms with Crippen molar-refractivity contribution in [3.63, 3.8) is 0 Å². The molecule has 3 heteroatoms. The topological polar surface area (TPSA) is 0 Å². The summed E-state index contributed by atoms with van der Waals surface area (Å²) in [6, 6.07) is 15.6. The maximum atomic E-state index is 13.5. The number of benzene rings is 2. The van der Waals surface area contributed by atoms with E-state index in [1.807, 2.05) is 12.1 Å². The maximum Gasteiger partial charge on any atom is 0.159 e. The molecule has 4 rings (SSSR count). The summed E-state index contributed by atoms with van der Waals surface area (Å²) in [6.45, 7) is 2.18. The first kappa shape index (κ1) is 22.5. The lowest BCUT2D eigenvalue weighted by Crippen LogP contribution is -2.28. The highest BCUT2D eigenvalue weighted by atomic mass is 28.3. The van der Waals surface area contributed by atoms with Gasteiger partial charge in [-0.05, 0) is 79.2 Å². The zero-order chi connectivity index (χ0) is 21.6. The van der Waals surface area contributed by atoms with E-state index in [1.54, 1.807) is 6.07 Å². The van der Waals surface area contributed by atoms with Crippen molar-refractivity contribution in [3.05, 3.63) is 71.4 Å². The van der Waals surface area contributed by atoms with Gasteiger partial charge in [-0.1, -0.05) is 74.2 Å². The molecule has 0 aromatic heterocycles. The maximum absolute atomic E-state index is 13.5. The molecule has 2 aromatic rings. The van der Waals surface area contributed by atoms with Crippen LogP contribution in [0.25, 0.3) is 11.1 Å². The van der Waals surface area contributed by atoms with Gasteiger partial charge in [-0.3, -0.25) is 0 Å².